The maximum absolute atomic E-state index is 11.8. The van der Waals surface area contributed by atoms with E-state index in [1.165, 1.54) is 0 Å². The third-order valence-corrected chi connectivity index (χ3v) is 4.22. The lowest BCUT2D eigenvalue weighted by Crippen LogP contribution is -2.27. The van der Waals surface area contributed by atoms with Gasteiger partial charge in [-0.05, 0) is 22.9 Å². The van der Waals surface area contributed by atoms with Gasteiger partial charge in [0.2, 0.25) is 15.8 Å². The summed E-state index contributed by atoms with van der Waals surface area (Å²) < 4.78 is 35.5. The van der Waals surface area contributed by atoms with E-state index >= 15 is 0 Å². The Bertz CT molecular complexity index is 523. The lowest BCUT2D eigenvalue weighted by atomic mass is 10.5. The average molecular weight is 342 g/mol. The topological polar surface area (TPSA) is 106 Å². The van der Waals surface area contributed by atoms with Crippen molar-refractivity contribution < 1.29 is 27.5 Å². The van der Waals surface area contributed by atoms with Crippen LogP contribution in [-0.2, 0) is 14.8 Å². The zero-order valence-electron chi connectivity index (χ0n) is 9.47. The largest absolute Gasteiger partial charge is 0.475 e. The first kappa shape index (κ1) is 15.2. The third kappa shape index (κ3) is 3.80. The Morgan fingerprint density at radius 3 is 2.78 bits per heavy atom. The molecule has 0 bridgehead atoms. The van der Waals surface area contributed by atoms with Crippen molar-refractivity contribution in [2.75, 3.05) is 19.8 Å². The molecule has 0 aromatic carbocycles. The van der Waals surface area contributed by atoms with E-state index in [4.69, 9.17) is 14.3 Å². The van der Waals surface area contributed by atoms with E-state index in [1.54, 1.807) is 6.92 Å². The highest BCUT2D eigenvalue weighted by Gasteiger charge is 2.24. The van der Waals surface area contributed by atoms with Gasteiger partial charge in [-0.25, -0.2) is 17.9 Å². The van der Waals surface area contributed by atoms with Gasteiger partial charge in [0.1, 0.15) is 4.90 Å². The predicted molar refractivity (Wildman–Crippen MR) is 65.0 cm³/mol. The standard InChI is InChI=1S/C9H12BrNO6S/c1-2-16-4-3-11-18(14,15)7-5-6(9(12)13)17-8(7)10/h5,11H,2-4H2,1H3,(H,12,13). The zero-order valence-corrected chi connectivity index (χ0v) is 11.9. The highest BCUT2D eigenvalue weighted by Crippen LogP contribution is 2.25. The number of sulfonamides is 1. The van der Waals surface area contributed by atoms with E-state index in [2.05, 4.69) is 20.7 Å². The van der Waals surface area contributed by atoms with Crippen molar-refractivity contribution in [2.45, 2.75) is 11.8 Å². The van der Waals surface area contributed by atoms with Gasteiger partial charge in [-0.1, -0.05) is 0 Å². The smallest absolute Gasteiger partial charge is 0.371 e. The van der Waals surface area contributed by atoms with Gasteiger partial charge in [0.05, 0.1) is 6.61 Å². The van der Waals surface area contributed by atoms with E-state index in [0.29, 0.717) is 6.61 Å². The molecule has 18 heavy (non-hydrogen) atoms. The molecule has 0 saturated heterocycles. The molecule has 0 atom stereocenters. The van der Waals surface area contributed by atoms with Crippen molar-refractivity contribution in [1.29, 1.82) is 0 Å². The minimum absolute atomic E-state index is 0.0935. The summed E-state index contributed by atoms with van der Waals surface area (Å²) in [4.78, 5) is 10.4. The summed E-state index contributed by atoms with van der Waals surface area (Å²) in [6.45, 7) is 2.60. The molecule has 0 aliphatic carbocycles. The van der Waals surface area contributed by atoms with Gasteiger partial charge in [0, 0.05) is 19.2 Å². The minimum Gasteiger partial charge on any atom is -0.475 e. The van der Waals surface area contributed by atoms with E-state index in [1.807, 2.05) is 0 Å². The molecule has 1 rings (SSSR count). The molecule has 1 aromatic heterocycles. The molecular formula is C9H12BrNO6S. The molecule has 7 nitrogen and oxygen atoms in total. The Kier molecular flexibility index (Phi) is 5.32. The van der Waals surface area contributed by atoms with Crippen molar-refractivity contribution in [1.82, 2.24) is 4.72 Å². The van der Waals surface area contributed by atoms with Gasteiger partial charge in [0.15, 0.2) is 4.67 Å². The van der Waals surface area contributed by atoms with Gasteiger partial charge < -0.3 is 14.3 Å². The van der Waals surface area contributed by atoms with Crippen LogP contribution in [0.25, 0.3) is 0 Å². The van der Waals surface area contributed by atoms with E-state index in [-0.39, 0.29) is 22.7 Å². The van der Waals surface area contributed by atoms with E-state index in [0.717, 1.165) is 6.07 Å². The quantitative estimate of drug-likeness (QED) is 0.718. The maximum Gasteiger partial charge on any atom is 0.371 e. The van der Waals surface area contributed by atoms with Crippen molar-refractivity contribution in [3.8, 4) is 0 Å². The summed E-state index contributed by atoms with van der Waals surface area (Å²) >= 11 is 2.86. The monoisotopic (exact) mass is 341 g/mol. The fourth-order valence-electron chi connectivity index (χ4n) is 1.11. The number of furan rings is 1. The summed E-state index contributed by atoms with van der Waals surface area (Å²) in [6, 6.07) is 0.940. The third-order valence-electron chi connectivity index (χ3n) is 1.90. The summed E-state index contributed by atoms with van der Waals surface area (Å²) in [5.74, 6) is -1.79. The maximum atomic E-state index is 11.8. The van der Waals surface area contributed by atoms with Crippen LogP contribution in [0.15, 0.2) is 20.0 Å². The number of carboxylic acid groups (broad SMARTS) is 1. The summed E-state index contributed by atoms with van der Waals surface area (Å²) in [5, 5.41) is 8.68. The van der Waals surface area contributed by atoms with Crippen LogP contribution in [0.3, 0.4) is 0 Å². The van der Waals surface area contributed by atoms with Crippen LogP contribution < -0.4 is 4.72 Å². The normalized spacial score (nSPS) is 11.7. The Balaban J connectivity index is 2.81. The lowest BCUT2D eigenvalue weighted by Gasteiger charge is -2.04. The van der Waals surface area contributed by atoms with Gasteiger partial charge in [-0.2, -0.15) is 0 Å². The van der Waals surface area contributed by atoms with Gasteiger partial charge in [0.25, 0.3) is 0 Å². The number of hydrogen-bond acceptors (Lipinski definition) is 5. The number of carboxylic acids is 1. The molecule has 0 aliphatic rings. The van der Waals surface area contributed by atoms with Crippen LogP contribution in [0.1, 0.15) is 17.5 Å². The Morgan fingerprint density at radius 2 is 2.28 bits per heavy atom. The van der Waals surface area contributed by atoms with Crippen LogP contribution in [-0.4, -0.2) is 39.3 Å². The Labute approximate surface area is 112 Å². The summed E-state index contributed by atoms with van der Waals surface area (Å²) in [5.41, 5.74) is 0. The SMILES string of the molecule is CCOCCNS(=O)(=O)c1cc(C(=O)O)oc1Br. The highest BCUT2D eigenvalue weighted by molar-refractivity contribution is 9.10. The van der Waals surface area contributed by atoms with Crippen molar-refractivity contribution in [3.63, 3.8) is 0 Å². The van der Waals surface area contributed by atoms with Gasteiger partial charge >= 0.3 is 5.97 Å². The molecule has 0 saturated carbocycles. The first-order chi connectivity index (χ1) is 8.38. The molecule has 1 heterocycles. The number of carbonyl (C=O) groups is 1. The Morgan fingerprint density at radius 1 is 1.61 bits per heavy atom. The lowest BCUT2D eigenvalue weighted by molar-refractivity contribution is 0.0661. The molecule has 2 N–H and O–H groups in total. The number of hydrogen-bond donors (Lipinski definition) is 2. The van der Waals surface area contributed by atoms with Crippen LogP contribution in [0.5, 0.6) is 0 Å². The number of halogens is 1. The minimum atomic E-state index is -3.82. The molecule has 0 radical (unpaired) electrons. The van der Waals surface area contributed by atoms with Crippen molar-refractivity contribution >= 4 is 31.9 Å². The summed E-state index contributed by atoms with van der Waals surface area (Å²) in [6.07, 6.45) is 0. The van der Waals surface area contributed by atoms with E-state index < -0.39 is 21.8 Å². The molecular weight excluding hydrogens is 330 g/mol. The molecule has 0 fully saturated rings. The average Bonchev–Trinajstić information content (AvgIpc) is 2.68. The molecule has 9 heteroatoms. The predicted octanol–water partition coefficient (Wildman–Crippen LogP) is 1.06. The highest BCUT2D eigenvalue weighted by atomic mass is 79.9. The van der Waals surface area contributed by atoms with Gasteiger partial charge in [-0.3, -0.25) is 0 Å². The van der Waals surface area contributed by atoms with Crippen LogP contribution >= 0.6 is 15.9 Å². The molecule has 0 aliphatic heterocycles. The van der Waals surface area contributed by atoms with Crippen molar-refractivity contribution in [2.24, 2.45) is 0 Å². The fourth-order valence-corrected chi connectivity index (χ4v) is 3.06. The second kappa shape index (κ2) is 6.32. The summed E-state index contributed by atoms with van der Waals surface area (Å²) in [7, 11) is -3.82. The van der Waals surface area contributed by atoms with Gasteiger partial charge in [-0.15, -0.1) is 0 Å². The molecule has 102 valence electrons. The molecule has 1 aromatic rings. The second-order valence-corrected chi connectivity index (χ2v) is 5.60. The zero-order chi connectivity index (χ0) is 13.8. The molecule has 0 spiro atoms. The number of rotatable bonds is 7. The Hall–Kier alpha value is -0.900. The first-order valence-corrected chi connectivity index (χ1v) is 7.26. The van der Waals surface area contributed by atoms with Crippen LogP contribution in [0.4, 0.5) is 0 Å². The number of ether oxygens (including phenoxy) is 1. The number of nitrogens with one attached hydrogen (secondary N) is 1. The van der Waals surface area contributed by atoms with Crippen LogP contribution in [0.2, 0.25) is 0 Å². The second-order valence-electron chi connectivity index (χ2n) is 3.15. The molecule has 0 amide bonds. The van der Waals surface area contributed by atoms with Crippen LogP contribution in [0, 0.1) is 0 Å². The fraction of sp³-hybridized carbons (Fsp3) is 0.444. The van der Waals surface area contributed by atoms with E-state index in [9.17, 15) is 13.2 Å². The van der Waals surface area contributed by atoms with Crippen molar-refractivity contribution in [3.05, 3.63) is 16.5 Å². The first-order valence-electron chi connectivity index (χ1n) is 4.98. The number of aromatic carboxylic acids is 1. The molecule has 0 unspecified atom stereocenters.